The molecule has 1 aliphatic heterocycles. The van der Waals surface area contributed by atoms with E-state index in [-0.39, 0.29) is 41.4 Å². The molecular weight excluding hydrogens is 129 g/mol. The fourth-order valence-corrected chi connectivity index (χ4v) is 0.561. The number of hydrogen-bond donors (Lipinski definition) is 2. The van der Waals surface area contributed by atoms with Crippen molar-refractivity contribution in [1.29, 1.82) is 5.41 Å². The number of carbonyl (C=O) groups excluding carboxylic acids is 1. The van der Waals surface area contributed by atoms with Gasteiger partial charge in [-0.25, -0.2) is 0 Å². The van der Waals surface area contributed by atoms with Crippen LogP contribution in [0.3, 0.4) is 0 Å². The van der Waals surface area contributed by atoms with Gasteiger partial charge in [-0.2, -0.15) is 0 Å². The molecule has 0 bridgehead atoms. The van der Waals surface area contributed by atoms with E-state index >= 15 is 0 Å². The van der Waals surface area contributed by atoms with Crippen LogP contribution < -0.4 is 5.32 Å². The summed E-state index contributed by atoms with van der Waals surface area (Å²) in [4.78, 5) is 11.9. The van der Waals surface area contributed by atoms with Crippen molar-refractivity contribution in [3.8, 4) is 0 Å². The van der Waals surface area contributed by atoms with E-state index in [4.69, 9.17) is 5.41 Å². The molecule has 0 spiro atoms. The zero-order valence-corrected chi connectivity index (χ0v) is 4.56. The molecule has 0 unspecified atom stereocenters. The molecule has 5 heteroatoms. The first kappa shape index (κ1) is 8.94. The normalized spacial score (nSPS) is 17.2. The van der Waals surface area contributed by atoms with E-state index in [1.807, 2.05) is 0 Å². The maximum absolute atomic E-state index is 10.4. The van der Waals surface area contributed by atoms with E-state index in [0.29, 0.717) is 6.54 Å². The summed E-state index contributed by atoms with van der Waals surface area (Å²) in [5.74, 6) is 0.0903. The first-order valence-corrected chi connectivity index (χ1v) is 2.29. The quantitative estimate of drug-likeness (QED) is 0.392. The van der Waals surface area contributed by atoms with Gasteiger partial charge in [0, 0.05) is 7.05 Å². The van der Waals surface area contributed by atoms with Crippen LogP contribution in [0.25, 0.3) is 0 Å². The fraction of sp³-hybridized carbons (Fsp3) is 0.500. The molecule has 0 aromatic rings. The molecule has 1 rings (SSSR count). The molecule has 0 aromatic heterocycles. The van der Waals surface area contributed by atoms with Crippen molar-refractivity contribution in [2.24, 2.45) is 0 Å². The van der Waals surface area contributed by atoms with Crippen molar-refractivity contribution >= 4 is 41.4 Å². The molecule has 0 aromatic carbocycles. The molecule has 9 heavy (non-hydrogen) atoms. The Hall–Kier alpha value is -0.0600. The molecule has 1 saturated heterocycles. The van der Waals surface area contributed by atoms with Gasteiger partial charge in [-0.05, 0) is 0 Å². The second kappa shape index (κ2) is 3.20. The molecule has 0 saturated carbocycles. The summed E-state index contributed by atoms with van der Waals surface area (Å²) >= 11 is 0. The van der Waals surface area contributed by atoms with Crippen LogP contribution in [0.2, 0.25) is 0 Å². The zero-order valence-electron chi connectivity index (χ0n) is 4.56. The summed E-state index contributed by atoms with van der Waals surface area (Å²) in [6.07, 6.45) is 0. The molecule has 1 heterocycles. The molecule has 46 valence electrons. The van der Waals surface area contributed by atoms with Gasteiger partial charge in [-0.15, -0.1) is 0 Å². The number of guanidine groups is 1. The molecule has 0 radical (unpaired) electrons. The van der Waals surface area contributed by atoms with Gasteiger partial charge < -0.3 is 4.90 Å². The molecule has 2 N–H and O–H groups in total. The van der Waals surface area contributed by atoms with E-state index in [0.717, 1.165) is 0 Å². The van der Waals surface area contributed by atoms with Gasteiger partial charge in [-0.1, -0.05) is 0 Å². The monoisotopic (exact) mass is 137 g/mol. The average molecular weight is 137 g/mol. The van der Waals surface area contributed by atoms with Crippen molar-refractivity contribution in [2.75, 3.05) is 13.6 Å². The predicted octanol–water partition coefficient (Wildman–Crippen LogP) is -1.67. The van der Waals surface area contributed by atoms with E-state index in [2.05, 4.69) is 5.32 Å². The first-order chi connectivity index (χ1) is 3.70. The van der Waals surface area contributed by atoms with E-state index in [1.165, 1.54) is 0 Å². The zero-order chi connectivity index (χ0) is 6.15. The predicted molar refractivity (Wildman–Crippen MR) is 35.6 cm³/mol. The van der Waals surface area contributed by atoms with Crippen LogP contribution in [0.1, 0.15) is 0 Å². The Bertz CT molecular complexity index is 147. The van der Waals surface area contributed by atoms with Gasteiger partial charge in [0.05, 0.1) is 6.54 Å². The SMILES string of the molecule is CN1CC(=O)NC1=N.[NaH]. The van der Waals surface area contributed by atoms with Crippen molar-refractivity contribution in [2.45, 2.75) is 0 Å². The number of amides is 1. The summed E-state index contributed by atoms with van der Waals surface area (Å²) in [6.45, 7) is 0.318. The molecule has 0 atom stereocenters. The Morgan fingerprint density at radius 2 is 2.33 bits per heavy atom. The summed E-state index contributed by atoms with van der Waals surface area (Å²) in [6, 6.07) is 0. The van der Waals surface area contributed by atoms with Gasteiger partial charge in [0.25, 0.3) is 0 Å². The molecular formula is C4H8N3NaO. The third-order valence-electron chi connectivity index (χ3n) is 1.02. The molecule has 0 aliphatic carbocycles. The van der Waals surface area contributed by atoms with Crippen LogP contribution in [0.15, 0.2) is 0 Å². The van der Waals surface area contributed by atoms with Gasteiger partial charge in [0.1, 0.15) is 0 Å². The number of nitrogens with one attached hydrogen (secondary N) is 2. The molecule has 4 nitrogen and oxygen atoms in total. The van der Waals surface area contributed by atoms with Crippen LogP contribution in [0, 0.1) is 5.41 Å². The van der Waals surface area contributed by atoms with Crippen molar-refractivity contribution in [3.05, 3.63) is 0 Å². The van der Waals surface area contributed by atoms with Crippen LogP contribution in [0.5, 0.6) is 0 Å². The van der Waals surface area contributed by atoms with Crippen LogP contribution in [-0.4, -0.2) is 59.9 Å². The fourth-order valence-electron chi connectivity index (χ4n) is 0.561. The van der Waals surface area contributed by atoms with E-state index in [1.54, 1.807) is 11.9 Å². The van der Waals surface area contributed by atoms with E-state index < -0.39 is 0 Å². The summed E-state index contributed by atoms with van der Waals surface area (Å²) < 4.78 is 0. The standard InChI is InChI=1S/C4H7N3O.Na.H/c1-7-2-3(8)6-4(7)5;;/h2H2,1H3,(H2,5,6,8);;. The first-order valence-electron chi connectivity index (χ1n) is 2.29. The Morgan fingerprint density at radius 3 is 2.44 bits per heavy atom. The second-order valence-corrected chi connectivity index (χ2v) is 1.75. The van der Waals surface area contributed by atoms with Crippen LogP contribution in [-0.2, 0) is 4.79 Å². The second-order valence-electron chi connectivity index (χ2n) is 1.75. The molecule has 1 fully saturated rings. The molecule has 1 aliphatic rings. The van der Waals surface area contributed by atoms with Crippen molar-refractivity contribution in [3.63, 3.8) is 0 Å². The van der Waals surface area contributed by atoms with E-state index in [9.17, 15) is 4.79 Å². The number of rotatable bonds is 0. The number of nitrogens with zero attached hydrogens (tertiary/aromatic N) is 1. The van der Waals surface area contributed by atoms with Crippen LogP contribution >= 0.6 is 0 Å². The third-order valence-corrected chi connectivity index (χ3v) is 1.02. The van der Waals surface area contributed by atoms with Gasteiger partial charge in [0.2, 0.25) is 5.91 Å². The Kier molecular flexibility index (Phi) is 3.17. The van der Waals surface area contributed by atoms with Crippen molar-refractivity contribution in [1.82, 2.24) is 10.2 Å². The third kappa shape index (κ3) is 1.97. The van der Waals surface area contributed by atoms with Gasteiger partial charge in [0.15, 0.2) is 5.96 Å². The number of carbonyl (C=O) groups is 1. The minimum absolute atomic E-state index is 0. The Labute approximate surface area is 75.4 Å². The van der Waals surface area contributed by atoms with Crippen LogP contribution in [0.4, 0.5) is 0 Å². The van der Waals surface area contributed by atoms with Gasteiger partial charge >= 0.3 is 29.6 Å². The molecule has 1 amide bonds. The number of likely N-dealkylation sites (N-methyl/N-ethyl adjacent to an activating group) is 1. The Morgan fingerprint density at radius 1 is 1.78 bits per heavy atom. The average Bonchev–Trinajstić information content (AvgIpc) is 1.85. The van der Waals surface area contributed by atoms with Crippen molar-refractivity contribution < 1.29 is 4.79 Å². The van der Waals surface area contributed by atoms with Gasteiger partial charge in [-0.3, -0.25) is 15.5 Å². The topological polar surface area (TPSA) is 56.2 Å². The minimum atomic E-state index is -0.0995. The summed E-state index contributed by atoms with van der Waals surface area (Å²) in [5, 5.41) is 9.32. The summed E-state index contributed by atoms with van der Waals surface area (Å²) in [5.41, 5.74) is 0. The number of hydrogen-bond acceptors (Lipinski definition) is 2. The summed E-state index contributed by atoms with van der Waals surface area (Å²) in [7, 11) is 1.69. The Balaban J connectivity index is 0.000000640. The maximum atomic E-state index is 10.4.